The molecule has 5 rings (SSSR count). The van der Waals surface area contributed by atoms with Crippen molar-refractivity contribution < 1.29 is 4.79 Å². The minimum atomic E-state index is 0.0945. The second-order valence-electron chi connectivity index (χ2n) is 6.30. The van der Waals surface area contributed by atoms with E-state index in [4.69, 9.17) is 9.97 Å². The van der Waals surface area contributed by atoms with Gasteiger partial charge in [0.1, 0.15) is 10.0 Å². The number of fused-ring (bicyclic) bond motifs is 2. The zero-order valence-corrected chi connectivity index (χ0v) is 15.5. The molecule has 0 unspecified atom stereocenters. The van der Waals surface area contributed by atoms with Crippen LogP contribution in [0.3, 0.4) is 0 Å². The van der Waals surface area contributed by atoms with Gasteiger partial charge >= 0.3 is 0 Å². The number of hydrogen-bond donors (Lipinski definition) is 1. The molecular weight excluding hydrogens is 362 g/mol. The lowest BCUT2D eigenvalue weighted by atomic mass is 9.99. The molecule has 1 N–H and O–H groups in total. The Balaban J connectivity index is 1.40. The lowest BCUT2D eigenvalue weighted by Crippen LogP contribution is -2.18. The smallest absolute Gasteiger partial charge is 0.224 e. The summed E-state index contributed by atoms with van der Waals surface area (Å²) in [4.78, 5) is 21.0. The maximum atomic E-state index is 11.5. The highest BCUT2D eigenvalue weighted by molar-refractivity contribution is 7.18. The predicted octanol–water partition coefficient (Wildman–Crippen LogP) is 4.90. The van der Waals surface area contributed by atoms with Gasteiger partial charge in [-0.05, 0) is 36.2 Å². The van der Waals surface area contributed by atoms with Gasteiger partial charge < -0.3 is 5.32 Å². The van der Waals surface area contributed by atoms with E-state index in [-0.39, 0.29) is 5.91 Å². The summed E-state index contributed by atoms with van der Waals surface area (Å²) in [5, 5.41) is 7.20. The van der Waals surface area contributed by atoms with Crippen LogP contribution in [-0.4, -0.2) is 15.9 Å². The molecule has 128 valence electrons. The molecule has 2 aromatic carbocycles. The molecule has 0 fully saturated rings. The fraction of sp³-hybridized carbons (Fsp3) is 0.150. The second-order valence-corrected chi connectivity index (χ2v) is 8.36. The first-order valence-corrected chi connectivity index (χ1v) is 10.2. The summed E-state index contributed by atoms with van der Waals surface area (Å²) in [6.45, 7) is 0. The lowest BCUT2D eigenvalue weighted by Gasteiger charge is -2.17. The molecule has 3 heterocycles. The molecule has 1 aliphatic heterocycles. The maximum Gasteiger partial charge on any atom is 0.224 e. The Bertz CT molecular complexity index is 1100. The molecule has 0 spiro atoms. The van der Waals surface area contributed by atoms with Gasteiger partial charge in [-0.1, -0.05) is 18.2 Å². The van der Waals surface area contributed by atoms with Crippen LogP contribution in [-0.2, 0) is 17.6 Å². The molecule has 2 aromatic heterocycles. The number of nitrogens with one attached hydrogen (secondary N) is 1. The fourth-order valence-electron chi connectivity index (χ4n) is 3.19. The van der Waals surface area contributed by atoms with Gasteiger partial charge in [0.25, 0.3) is 0 Å². The van der Waals surface area contributed by atoms with Crippen molar-refractivity contribution in [1.29, 1.82) is 0 Å². The van der Waals surface area contributed by atoms with Crippen LogP contribution in [0.1, 0.15) is 22.0 Å². The van der Waals surface area contributed by atoms with Gasteiger partial charge in [-0.3, -0.25) is 4.79 Å². The molecule has 0 saturated heterocycles. The third kappa shape index (κ3) is 2.91. The molecule has 0 radical (unpaired) electrons. The Kier molecular flexibility index (Phi) is 3.80. The average molecular weight is 377 g/mol. The minimum absolute atomic E-state index is 0.0945. The Morgan fingerprint density at radius 3 is 2.88 bits per heavy atom. The first-order valence-electron chi connectivity index (χ1n) is 8.46. The Morgan fingerprint density at radius 1 is 1.04 bits per heavy atom. The molecular formula is C20H15N3OS2. The number of carbonyl (C=O) groups is 1. The molecule has 4 aromatic rings. The van der Waals surface area contributed by atoms with E-state index in [0.717, 1.165) is 45.3 Å². The highest BCUT2D eigenvalue weighted by Crippen LogP contribution is 2.31. The van der Waals surface area contributed by atoms with Gasteiger partial charge in [-0.25, -0.2) is 9.97 Å². The van der Waals surface area contributed by atoms with E-state index in [1.54, 1.807) is 22.7 Å². The number of anilines is 1. The number of amides is 1. The van der Waals surface area contributed by atoms with E-state index < -0.39 is 0 Å². The number of aryl methyl sites for hydroxylation is 1. The summed E-state index contributed by atoms with van der Waals surface area (Å²) in [6.07, 6.45) is 2.11. The van der Waals surface area contributed by atoms with Crippen LogP contribution < -0.4 is 5.32 Å². The van der Waals surface area contributed by atoms with Gasteiger partial charge in [0.2, 0.25) is 5.91 Å². The fourth-order valence-corrected chi connectivity index (χ4v) is 5.06. The normalized spacial score (nSPS) is 13.6. The number of carbonyl (C=O) groups excluding carboxylic acids is 1. The van der Waals surface area contributed by atoms with E-state index in [9.17, 15) is 4.79 Å². The highest BCUT2D eigenvalue weighted by Gasteiger charge is 2.16. The first-order chi connectivity index (χ1) is 12.7. The van der Waals surface area contributed by atoms with Crippen molar-refractivity contribution in [3.05, 3.63) is 63.4 Å². The number of nitrogens with zero attached hydrogens (tertiary/aromatic N) is 2. The van der Waals surface area contributed by atoms with Crippen LogP contribution in [0, 0.1) is 0 Å². The van der Waals surface area contributed by atoms with Crippen molar-refractivity contribution in [1.82, 2.24) is 9.97 Å². The van der Waals surface area contributed by atoms with Crippen LogP contribution in [0.4, 0.5) is 5.69 Å². The van der Waals surface area contributed by atoms with Gasteiger partial charge in [0.05, 0.1) is 22.3 Å². The van der Waals surface area contributed by atoms with E-state index in [1.165, 1.54) is 10.3 Å². The van der Waals surface area contributed by atoms with Crippen LogP contribution >= 0.6 is 22.7 Å². The summed E-state index contributed by atoms with van der Waals surface area (Å²) < 4.78 is 1.22. The summed E-state index contributed by atoms with van der Waals surface area (Å²) in [7, 11) is 0. The highest BCUT2D eigenvalue weighted by atomic mass is 32.1. The molecule has 26 heavy (non-hydrogen) atoms. The van der Waals surface area contributed by atoms with Crippen LogP contribution in [0.25, 0.3) is 21.5 Å². The van der Waals surface area contributed by atoms with E-state index in [0.29, 0.717) is 6.42 Å². The second kappa shape index (κ2) is 6.30. The molecule has 6 heteroatoms. The summed E-state index contributed by atoms with van der Waals surface area (Å²) >= 11 is 3.40. The molecule has 1 amide bonds. The summed E-state index contributed by atoms with van der Waals surface area (Å²) in [5.41, 5.74) is 5.26. The predicted molar refractivity (Wildman–Crippen MR) is 107 cm³/mol. The van der Waals surface area contributed by atoms with Gasteiger partial charge in [0.15, 0.2) is 0 Å². The van der Waals surface area contributed by atoms with Crippen molar-refractivity contribution in [3.8, 4) is 11.3 Å². The molecule has 4 nitrogen and oxygen atoms in total. The van der Waals surface area contributed by atoms with Crippen molar-refractivity contribution >= 4 is 44.5 Å². The number of hydrogen-bond acceptors (Lipinski definition) is 5. The quantitative estimate of drug-likeness (QED) is 0.553. The number of benzene rings is 2. The first kappa shape index (κ1) is 15.7. The third-order valence-electron chi connectivity index (χ3n) is 4.49. The largest absolute Gasteiger partial charge is 0.326 e. The van der Waals surface area contributed by atoms with Crippen LogP contribution in [0.2, 0.25) is 0 Å². The number of rotatable bonds is 3. The molecule has 1 aliphatic rings. The van der Waals surface area contributed by atoms with Gasteiger partial charge in [-0.15, -0.1) is 22.7 Å². The van der Waals surface area contributed by atoms with Crippen molar-refractivity contribution in [3.63, 3.8) is 0 Å². The lowest BCUT2D eigenvalue weighted by molar-refractivity contribution is -0.116. The molecule has 0 aliphatic carbocycles. The minimum Gasteiger partial charge on any atom is -0.326 e. The van der Waals surface area contributed by atoms with E-state index in [2.05, 4.69) is 28.9 Å². The zero-order chi connectivity index (χ0) is 17.5. The molecule has 0 saturated carbocycles. The van der Waals surface area contributed by atoms with E-state index >= 15 is 0 Å². The van der Waals surface area contributed by atoms with Gasteiger partial charge in [0, 0.05) is 23.1 Å². The number of aromatic nitrogens is 2. The Labute approximate surface area is 158 Å². The summed E-state index contributed by atoms with van der Waals surface area (Å²) in [6, 6.07) is 14.4. The number of para-hydroxylation sites is 1. The maximum absolute atomic E-state index is 11.5. The Morgan fingerprint density at radius 2 is 1.96 bits per heavy atom. The molecule has 0 atom stereocenters. The zero-order valence-electron chi connectivity index (χ0n) is 13.9. The standard InChI is InChI=1S/C20H15N3OS2/c24-18-8-6-12-9-13(5-7-14(12)21-18)16-11-25-19(23-16)10-20-22-15-3-1-2-4-17(15)26-20/h1-5,7,9,11H,6,8,10H2,(H,21,24). The number of thiazole rings is 2. The van der Waals surface area contributed by atoms with E-state index in [1.807, 2.05) is 24.3 Å². The Hall–Kier alpha value is -2.57. The topological polar surface area (TPSA) is 54.9 Å². The van der Waals surface area contributed by atoms with Crippen molar-refractivity contribution in [2.75, 3.05) is 5.32 Å². The SMILES string of the molecule is O=C1CCc2cc(-c3csc(Cc4nc5ccccc5s4)n3)ccc2N1. The average Bonchev–Trinajstić information content (AvgIpc) is 3.28. The summed E-state index contributed by atoms with van der Waals surface area (Å²) in [5.74, 6) is 0.0945. The molecule has 0 bridgehead atoms. The van der Waals surface area contributed by atoms with Crippen molar-refractivity contribution in [2.45, 2.75) is 19.3 Å². The monoisotopic (exact) mass is 377 g/mol. The van der Waals surface area contributed by atoms with Crippen LogP contribution in [0.15, 0.2) is 47.8 Å². The van der Waals surface area contributed by atoms with Gasteiger partial charge in [-0.2, -0.15) is 0 Å². The van der Waals surface area contributed by atoms with Crippen LogP contribution in [0.5, 0.6) is 0 Å². The van der Waals surface area contributed by atoms with Crippen molar-refractivity contribution in [2.24, 2.45) is 0 Å². The third-order valence-corrected chi connectivity index (χ3v) is 6.37.